The molecule has 0 bridgehead atoms. The van der Waals surface area contributed by atoms with E-state index >= 15 is 0 Å². The highest BCUT2D eigenvalue weighted by Crippen LogP contribution is 2.29. The van der Waals surface area contributed by atoms with Gasteiger partial charge in [0.25, 0.3) is 0 Å². The molecule has 1 saturated carbocycles. The first-order valence-electron chi connectivity index (χ1n) is 6.37. The third-order valence-electron chi connectivity index (χ3n) is 3.14. The molecule has 0 aliphatic heterocycles. The SMILES string of the molecule is CC(NC(=O)C1CC1)c1cccc(C=CC(=O)O)c1. The average Bonchev–Trinajstić information content (AvgIpc) is 3.21. The highest BCUT2D eigenvalue weighted by molar-refractivity contribution is 5.85. The monoisotopic (exact) mass is 259 g/mol. The number of carboxylic acids is 1. The maximum absolute atomic E-state index is 11.7. The predicted octanol–water partition coefficient (Wildman–Crippen LogP) is 2.37. The molecule has 1 aromatic rings. The third-order valence-corrected chi connectivity index (χ3v) is 3.14. The summed E-state index contributed by atoms with van der Waals surface area (Å²) in [4.78, 5) is 22.2. The smallest absolute Gasteiger partial charge is 0.328 e. The quantitative estimate of drug-likeness (QED) is 0.798. The van der Waals surface area contributed by atoms with Gasteiger partial charge in [0.2, 0.25) is 5.91 Å². The van der Waals surface area contributed by atoms with Crippen molar-refractivity contribution in [2.45, 2.75) is 25.8 Å². The van der Waals surface area contributed by atoms with E-state index in [1.807, 2.05) is 31.2 Å². The second kappa shape index (κ2) is 5.69. The molecule has 1 amide bonds. The Morgan fingerprint density at radius 3 is 2.79 bits per heavy atom. The summed E-state index contributed by atoms with van der Waals surface area (Å²) in [5, 5.41) is 11.6. The maximum atomic E-state index is 11.7. The summed E-state index contributed by atoms with van der Waals surface area (Å²) >= 11 is 0. The summed E-state index contributed by atoms with van der Waals surface area (Å²) in [5.41, 5.74) is 1.79. The van der Waals surface area contributed by atoms with Crippen molar-refractivity contribution < 1.29 is 14.7 Å². The lowest BCUT2D eigenvalue weighted by molar-refractivity contribution is -0.131. The Kier molecular flexibility index (Phi) is 4.00. The number of benzene rings is 1. The van der Waals surface area contributed by atoms with Crippen LogP contribution < -0.4 is 5.32 Å². The molecule has 100 valence electrons. The molecule has 0 saturated heterocycles. The maximum Gasteiger partial charge on any atom is 0.328 e. The Labute approximate surface area is 112 Å². The molecule has 0 heterocycles. The minimum absolute atomic E-state index is 0.0636. The molecule has 1 fully saturated rings. The van der Waals surface area contributed by atoms with Gasteiger partial charge in [0, 0.05) is 12.0 Å². The van der Waals surface area contributed by atoms with Crippen LogP contribution in [0.25, 0.3) is 6.08 Å². The molecule has 2 N–H and O–H groups in total. The zero-order valence-electron chi connectivity index (χ0n) is 10.8. The van der Waals surface area contributed by atoms with Gasteiger partial charge >= 0.3 is 5.97 Å². The third kappa shape index (κ3) is 3.95. The molecule has 0 radical (unpaired) electrons. The summed E-state index contributed by atoms with van der Waals surface area (Å²) < 4.78 is 0. The lowest BCUT2D eigenvalue weighted by atomic mass is 10.0. The molecule has 19 heavy (non-hydrogen) atoms. The first-order chi connectivity index (χ1) is 9.06. The summed E-state index contributed by atoms with van der Waals surface area (Å²) in [6.07, 6.45) is 4.62. The number of aliphatic carboxylic acids is 1. The molecule has 1 unspecified atom stereocenters. The van der Waals surface area contributed by atoms with Crippen molar-refractivity contribution >= 4 is 18.0 Å². The highest BCUT2D eigenvalue weighted by Gasteiger charge is 2.30. The second-order valence-electron chi connectivity index (χ2n) is 4.85. The average molecular weight is 259 g/mol. The number of hydrogen-bond donors (Lipinski definition) is 2. The van der Waals surface area contributed by atoms with E-state index in [2.05, 4.69) is 5.32 Å². The van der Waals surface area contributed by atoms with Crippen molar-refractivity contribution in [1.29, 1.82) is 0 Å². The van der Waals surface area contributed by atoms with Crippen LogP contribution in [0.1, 0.15) is 36.9 Å². The number of carboxylic acid groups (broad SMARTS) is 1. The molecule has 4 heteroatoms. The van der Waals surface area contributed by atoms with Crippen molar-refractivity contribution in [3.8, 4) is 0 Å². The van der Waals surface area contributed by atoms with Crippen molar-refractivity contribution in [1.82, 2.24) is 5.32 Å². The summed E-state index contributed by atoms with van der Waals surface area (Å²) in [5.74, 6) is -0.669. The first kappa shape index (κ1) is 13.3. The van der Waals surface area contributed by atoms with E-state index in [9.17, 15) is 9.59 Å². The summed E-state index contributed by atoms with van der Waals surface area (Å²) in [7, 11) is 0. The number of carbonyl (C=O) groups is 2. The van der Waals surface area contributed by atoms with E-state index in [4.69, 9.17) is 5.11 Å². The van der Waals surface area contributed by atoms with Crippen LogP contribution in [0, 0.1) is 5.92 Å². The first-order valence-corrected chi connectivity index (χ1v) is 6.37. The minimum atomic E-state index is -0.972. The number of carbonyl (C=O) groups excluding carboxylic acids is 1. The Morgan fingerprint density at radius 2 is 2.16 bits per heavy atom. The van der Waals surface area contributed by atoms with Crippen molar-refractivity contribution in [2.75, 3.05) is 0 Å². The van der Waals surface area contributed by atoms with E-state index in [-0.39, 0.29) is 17.9 Å². The molecule has 1 atom stereocenters. The summed E-state index contributed by atoms with van der Waals surface area (Å²) in [6.45, 7) is 1.93. The molecular weight excluding hydrogens is 242 g/mol. The minimum Gasteiger partial charge on any atom is -0.478 e. The zero-order valence-corrected chi connectivity index (χ0v) is 10.8. The largest absolute Gasteiger partial charge is 0.478 e. The van der Waals surface area contributed by atoms with Crippen LogP contribution in [0.5, 0.6) is 0 Å². The molecule has 1 aliphatic carbocycles. The molecule has 1 aromatic carbocycles. The van der Waals surface area contributed by atoms with Gasteiger partial charge < -0.3 is 10.4 Å². The van der Waals surface area contributed by atoms with E-state index in [1.54, 1.807) is 6.08 Å². The van der Waals surface area contributed by atoms with Gasteiger partial charge in [-0.15, -0.1) is 0 Å². The molecular formula is C15H17NO3. The van der Waals surface area contributed by atoms with Gasteiger partial charge in [-0.1, -0.05) is 18.2 Å². The van der Waals surface area contributed by atoms with E-state index in [1.165, 1.54) is 0 Å². The normalized spacial score (nSPS) is 16.3. The van der Waals surface area contributed by atoms with E-state index < -0.39 is 5.97 Å². The van der Waals surface area contributed by atoms with Gasteiger partial charge in [-0.3, -0.25) is 4.79 Å². The Hall–Kier alpha value is -2.10. The standard InChI is InChI=1S/C15H17NO3/c1-10(16-15(19)12-6-7-12)13-4-2-3-11(9-13)5-8-14(17)18/h2-5,8-10,12H,6-7H2,1H3,(H,16,19)(H,17,18). The Balaban J connectivity index is 2.04. The van der Waals surface area contributed by atoms with Crippen molar-refractivity contribution in [3.63, 3.8) is 0 Å². The molecule has 4 nitrogen and oxygen atoms in total. The van der Waals surface area contributed by atoms with Gasteiger partial charge in [0.05, 0.1) is 6.04 Å². The highest BCUT2D eigenvalue weighted by atomic mass is 16.4. The van der Waals surface area contributed by atoms with Crippen molar-refractivity contribution in [2.24, 2.45) is 5.92 Å². The summed E-state index contributed by atoms with van der Waals surface area (Å²) in [6, 6.07) is 7.44. The lowest BCUT2D eigenvalue weighted by Gasteiger charge is -2.14. The van der Waals surface area contributed by atoms with Crippen LogP contribution in [0.4, 0.5) is 0 Å². The van der Waals surface area contributed by atoms with Crippen molar-refractivity contribution in [3.05, 3.63) is 41.5 Å². The fourth-order valence-electron chi connectivity index (χ4n) is 1.86. The Bertz CT molecular complexity index is 518. The number of rotatable bonds is 5. The fourth-order valence-corrected chi connectivity index (χ4v) is 1.86. The van der Waals surface area contributed by atoms with Crippen LogP contribution in [0.3, 0.4) is 0 Å². The number of hydrogen-bond acceptors (Lipinski definition) is 2. The number of amides is 1. The lowest BCUT2D eigenvalue weighted by Crippen LogP contribution is -2.27. The van der Waals surface area contributed by atoms with Crippen LogP contribution in [0.2, 0.25) is 0 Å². The van der Waals surface area contributed by atoms with Gasteiger partial charge in [-0.05, 0) is 43.0 Å². The van der Waals surface area contributed by atoms with Gasteiger partial charge in [-0.2, -0.15) is 0 Å². The van der Waals surface area contributed by atoms with Gasteiger partial charge in [0.1, 0.15) is 0 Å². The van der Waals surface area contributed by atoms with Gasteiger partial charge in [0.15, 0.2) is 0 Å². The molecule has 0 spiro atoms. The van der Waals surface area contributed by atoms with Crippen LogP contribution in [-0.4, -0.2) is 17.0 Å². The molecule has 1 aliphatic rings. The fraction of sp³-hybridized carbons (Fsp3) is 0.333. The predicted molar refractivity (Wildman–Crippen MR) is 72.4 cm³/mol. The van der Waals surface area contributed by atoms with Gasteiger partial charge in [-0.25, -0.2) is 4.79 Å². The van der Waals surface area contributed by atoms with E-state index in [0.717, 1.165) is 30.0 Å². The van der Waals surface area contributed by atoms with Crippen LogP contribution >= 0.6 is 0 Å². The zero-order chi connectivity index (χ0) is 13.8. The molecule has 2 rings (SSSR count). The Morgan fingerprint density at radius 1 is 1.42 bits per heavy atom. The number of nitrogens with one attached hydrogen (secondary N) is 1. The van der Waals surface area contributed by atoms with Crippen LogP contribution in [0.15, 0.2) is 30.3 Å². The molecule has 0 aromatic heterocycles. The van der Waals surface area contributed by atoms with E-state index in [0.29, 0.717) is 0 Å². The van der Waals surface area contributed by atoms with Crippen LogP contribution in [-0.2, 0) is 9.59 Å². The topological polar surface area (TPSA) is 66.4 Å². The second-order valence-corrected chi connectivity index (χ2v) is 4.85.